The van der Waals surface area contributed by atoms with Crippen LogP contribution in [0.5, 0.6) is 0 Å². The molecule has 0 amide bonds. The maximum Gasteiger partial charge on any atom is 0.335 e. The summed E-state index contributed by atoms with van der Waals surface area (Å²) in [6.45, 7) is 7.68. The second kappa shape index (κ2) is 7.05. The average molecular weight is 388 g/mol. The molecule has 2 aromatic rings. The topological polar surface area (TPSA) is 92.5 Å². The van der Waals surface area contributed by atoms with Crippen LogP contribution in [-0.4, -0.2) is 16.0 Å². The largest absolute Gasteiger partial charge is 0.478 e. The number of nitrogens with one attached hydrogen (secondary N) is 1. The van der Waals surface area contributed by atoms with Crippen molar-refractivity contribution in [2.24, 2.45) is 5.92 Å². The molecule has 146 valence electrons. The number of aromatic carboxylic acids is 1. The monoisotopic (exact) mass is 388 g/mol. The number of allylic oxidation sites excluding steroid dienone is 2. The van der Waals surface area contributed by atoms with Crippen molar-refractivity contribution in [1.29, 1.82) is 0 Å². The molecule has 0 radical (unpaired) electrons. The van der Waals surface area contributed by atoms with Crippen molar-refractivity contribution in [1.82, 2.24) is 5.32 Å². The molecule has 6 heteroatoms. The molecule has 1 saturated heterocycles. The Morgan fingerprint density at radius 2 is 1.90 bits per heavy atom. The summed E-state index contributed by atoms with van der Waals surface area (Å²) < 4.78 is 0. The fraction of sp³-hybridized carbons (Fsp3) is 0.174. The molecule has 1 aliphatic carbocycles. The van der Waals surface area contributed by atoms with E-state index in [0.717, 1.165) is 23.1 Å². The third kappa shape index (κ3) is 3.23. The van der Waals surface area contributed by atoms with E-state index in [0.29, 0.717) is 5.70 Å². The Hall–Kier alpha value is -3.67. The normalized spacial score (nSPS) is 23.8. The second-order valence-electron chi connectivity index (χ2n) is 7.42. The Morgan fingerprint density at radius 3 is 2.55 bits per heavy atom. The summed E-state index contributed by atoms with van der Waals surface area (Å²) in [6, 6.07) is 14.9. The number of rotatable bonds is 4. The van der Waals surface area contributed by atoms with Gasteiger partial charge in [0.25, 0.3) is 5.70 Å². The number of carbonyl (C=O) groups is 1. The lowest BCUT2D eigenvalue weighted by Gasteiger charge is -2.39. The van der Waals surface area contributed by atoms with Crippen LogP contribution >= 0.6 is 0 Å². The first kappa shape index (κ1) is 18.7. The van der Waals surface area contributed by atoms with Crippen LogP contribution in [-0.2, 0) is 6.42 Å². The molecule has 1 fully saturated rings. The Labute approximate surface area is 168 Å². The summed E-state index contributed by atoms with van der Waals surface area (Å²) in [5.41, 5.74) is 4.79. The molecule has 3 atom stereocenters. The zero-order chi connectivity index (χ0) is 20.7. The summed E-state index contributed by atoms with van der Waals surface area (Å²) >= 11 is 0. The lowest BCUT2D eigenvalue weighted by molar-refractivity contribution is -0.418. The fourth-order valence-electron chi connectivity index (χ4n) is 4.47. The predicted octanol–water partition coefficient (Wildman–Crippen LogP) is 4.22. The van der Waals surface area contributed by atoms with Crippen LogP contribution in [0, 0.1) is 16.0 Å². The van der Waals surface area contributed by atoms with E-state index in [4.69, 9.17) is 5.11 Å². The van der Waals surface area contributed by atoms with E-state index in [2.05, 4.69) is 30.6 Å². The standard InChI is InChI=1S/C23H20N2O4/c1-13(25(28)29)11-19-14(2)24-22(15-7-9-16(10-8-15)23(26)27)20-12-17-5-3-4-6-18(17)21(19)20/h3-11,20-22,24H,1-2,12H2,(H,26,27)/b19-11+. The van der Waals surface area contributed by atoms with Gasteiger partial charge in [-0.25, -0.2) is 4.79 Å². The third-order valence-electron chi connectivity index (χ3n) is 5.79. The summed E-state index contributed by atoms with van der Waals surface area (Å²) in [5, 5.41) is 23.7. The molecule has 29 heavy (non-hydrogen) atoms. The molecule has 2 N–H and O–H groups in total. The summed E-state index contributed by atoms with van der Waals surface area (Å²) in [6.07, 6.45) is 2.33. The lowest BCUT2D eigenvalue weighted by Crippen LogP contribution is -2.37. The molecule has 0 aromatic heterocycles. The van der Waals surface area contributed by atoms with E-state index in [1.807, 2.05) is 24.3 Å². The number of hydrogen-bond donors (Lipinski definition) is 2. The molecular formula is C23H20N2O4. The maximum absolute atomic E-state index is 11.2. The summed E-state index contributed by atoms with van der Waals surface area (Å²) in [7, 11) is 0. The minimum absolute atomic E-state index is 0.0409. The molecule has 4 rings (SSSR count). The Balaban J connectivity index is 1.78. The van der Waals surface area contributed by atoms with Crippen molar-refractivity contribution in [2.75, 3.05) is 0 Å². The van der Waals surface area contributed by atoms with E-state index in [1.165, 1.54) is 11.6 Å². The Morgan fingerprint density at radius 1 is 1.21 bits per heavy atom. The first-order valence-corrected chi connectivity index (χ1v) is 9.28. The van der Waals surface area contributed by atoms with Gasteiger partial charge in [-0.2, -0.15) is 0 Å². The van der Waals surface area contributed by atoms with E-state index in [-0.39, 0.29) is 29.1 Å². The van der Waals surface area contributed by atoms with Gasteiger partial charge in [-0.05, 0) is 53.3 Å². The number of piperidine rings is 1. The maximum atomic E-state index is 11.2. The number of nitro groups is 1. The van der Waals surface area contributed by atoms with Gasteiger partial charge in [0.15, 0.2) is 0 Å². The Bertz CT molecular complexity index is 1070. The van der Waals surface area contributed by atoms with Crippen molar-refractivity contribution in [3.63, 3.8) is 0 Å². The van der Waals surface area contributed by atoms with E-state index >= 15 is 0 Å². The van der Waals surface area contributed by atoms with Crippen LogP contribution in [0.1, 0.15) is 39.0 Å². The van der Waals surface area contributed by atoms with Gasteiger partial charge in [-0.1, -0.05) is 43.0 Å². The molecular weight excluding hydrogens is 368 g/mol. The van der Waals surface area contributed by atoms with Crippen molar-refractivity contribution in [2.45, 2.75) is 18.4 Å². The van der Waals surface area contributed by atoms with Crippen LogP contribution in [0.25, 0.3) is 0 Å². The van der Waals surface area contributed by atoms with Gasteiger partial charge in [0.1, 0.15) is 0 Å². The molecule has 1 aliphatic heterocycles. The van der Waals surface area contributed by atoms with Crippen molar-refractivity contribution < 1.29 is 14.8 Å². The molecule has 6 nitrogen and oxygen atoms in total. The van der Waals surface area contributed by atoms with Crippen LogP contribution < -0.4 is 5.32 Å². The van der Waals surface area contributed by atoms with Gasteiger partial charge in [-0.15, -0.1) is 0 Å². The minimum Gasteiger partial charge on any atom is -0.478 e. The van der Waals surface area contributed by atoms with Gasteiger partial charge >= 0.3 is 5.97 Å². The highest BCUT2D eigenvalue weighted by Crippen LogP contribution is 2.52. The van der Waals surface area contributed by atoms with Gasteiger partial charge in [0, 0.05) is 17.7 Å². The molecule has 2 aromatic carbocycles. The highest BCUT2D eigenvalue weighted by atomic mass is 16.6. The zero-order valence-corrected chi connectivity index (χ0v) is 15.7. The van der Waals surface area contributed by atoms with Gasteiger partial charge in [0.05, 0.1) is 16.5 Å². The predicted molar refractivity (Wildman–Crippen MR) is 109 cm³/mol. The lowest BCUT2D eigenvalue weighted by atomic mass is 9.74. The van der Waals surface area contributed by atoms with Crippen LogP contribution in [0.3, 0.4) is 0 Å². The summed E-state index contributed by atoms with van der Waals surface area (Å²) in [5.74, 6) is -0.882. The highest BCUT2D eigenvalue weighted by Gasteiger charge is 2.44. The van der Waals surface area contributed by atoms with Gasteiger partial charge in [0.2, 0.25) is 0 Å². The SMILES string of the molecule is C=C1NC(c2ccc(C(=O)O)cc2)C2Cc3ccccc3C2/C1=C/C(=C)[N+](=O)[O-]. The Kier molecular flexibility index (Phi) is 4.54. The third-order valence-corrected chi connectivity index (χ3v) is 5.79. The zero-order valence-electron chi connectivity index (χ0n) is 15.7. The number of carboxylic acids is 1. The first-order chi connectivity index (χ1) is 13.9. The van der Waals surface area contributed by atoms with E-state index < -0.39 is 10.9 Å². The smallest absolute Gasteiger partial charge is 0.335 e. The number of hydrogen-bond acceptors (Lipinski definition) is 4. The molecule has 3 unspecified atom stereocenters. The summed E-state index contributed by atoms with van der Waals surface area (Å²) in [4.78, 5) is 21.8. The van der Waals surface area contributed by atoms with Crippen molar-refractivity contribution in [3.05, 3.63) is 117 Å². The molecule has 0 saturated carbocycles. The quantitative estimate of drug-likeness (QED) is 0.604. The number of fused-ring (bicyclic) bond motifs is 3. The fourth-order valence-corrected chi connectivity index (χ4v) is 4.47. The van der Waals surface area contributed by atoms with Gasteiger partial charge < -0.3 is 10.4 Å². The molecule has 0 spiro atoms. The molecule has 0 bridgehead atoms. The highest BCUT2D eigenvalue weighted by molar-refractivity contribution is 5.87. The second-order valence-corrected chi connectivity index (χ2v) is 7.42. The number of carboxylic acid groups (broad SMARTS) is 1. The number of benzene rings is 2. The van der Waals surface area contributed by atoms with E-state index in [1.54, 1.807) is 12.1 Å². The first-order valence-electron chi connectivity index (χ1n) is 9.28. The minimum atomic E-state index is -0.966. The van der Waals surface area contributed by atoms with Crippen LogP contribution in [0.2, 0.25) is 0 Å². The van der Waals surface area contributed by atoms with Crippen LogP contribution in [0.15, 0.2) is 84.7 Å². The van der Waals surface area contributed by atoms with E-state index in [9.17, 15) is 14.9 Å². The molecule has 1 heterocycles. The van der Waals surface area contributed by atoms with Crippen molar-refractivity contribution >= 4 is 5.97 Å². The van der Waals surface area contributed by atoms with Gasteiger partial charge in [-0.3, -0.25) is 10.1 Å². The number of nitrogens with zero attached hydrogens (tertiary/aromatic N) is 1. The van der Waals surface area contributed by atoms with Crippen molar-refractivity contribution in [3.8, 4) is 0 Å². The average Bonchev–Trinajstić information content (AvgIpc) is 3.09. The van der Waals surface area contributed by atoms with Crippen LogP contribution in [0.4, 0.5) is 0 Å². The molecule has 2 aliphatic rings.